The molecule has 3 amide bonds. The molecule has 0 aliphatic heterocycles. The minimum Gasteiger partial charge on any atom is -0.348 e. The summed E-state index contributed by atoms with van der Waals surface area (Å²) in [5, 5.41) is 8.31. The van der Waals surface area contributed by atoms with Crippen molar-refractivity contribution in [1.29, 1.82) is 0 Å². The first-order valence-electron chi connectivity index (χ1n) is 10.5. The molecule has 0 unspecified atom stereocenters. The van der Waals surface area contributed by atoms with Crippen molar-refractivity contribution in [1.82, 2.24) is 10.6 Å². The second-order valence-electron chi connectivity index (χ2n) is 7.95. The Morgan fingerprint density at radius 1 is 0.933 bits per heavy atom. The van der Waals surface area contributed by atoms with Crippen LogP contribution in [0.4, 0.5) is 5.69 Å². The van der Waals surface area contributed by atoms with Gasteiger partial charge < -0.3 is 16.0 Å². The van der Waals surface area contributed by atoms with Gasteiger partial charge in [0.05, 0.1) is 11.3 Å². The average Bonchev–Trinajstić information content (AvgIpc) is 2.75. The Morgan fingerprint density at radius 2 is 1.63 bits per heavy atom. The molecular weight excluding hydrogens is 378 g/mol. The zero-order valence-electron chi connectivity index (χ0n) is 17.5. The highest BCUT2D eigenvalue weighted by Crippen LogP contribution is 2.23. The number of amides is 3. The van der Waals surface area contributed by atoms with Gasteiger partial charge in [0, 0.05) is 12.6 Å². The molecule has 2 aromatic carbocycles. The number of para-hydroxylation sites is 1. The summed E-state index contributed by atoms with van der Waals surface area (Å²) < 4.78 is 0. The molecule has 2 atom stereocenters. The fraction of sp³-hybridized carbons (Fsp3) is 0.375. The summed E-state index contributed by atoms with van der Waals surface area (Å²) in [5.41, 5.74) is 2.75. The van der Waals surface area contributed by atoms with E-state index >= 15 is 0 Å². The van der Waals surface area contributed by atoms with Crippen LogP contribution in [0, 0.1) is 12.8 Å². The topological polar surface area (TPSA) is 87.3 Å². The van der Waals surface area contributed by atoms with E-state index < -0.39 is 11.8 Å². The molecule has 0 saturated heterocycles. The second kappa shape index (κ2) is 10.1. The normalized spacial score (nSPS) is 18.3. The van der Waals surface area contributed by atoms with E-state index in [1.807, 2.05) is 31.2 Å². The first-order valence-corrected chi connectivity index (χ1v) is 10.5. The Bertz CT molecular complexity index is 925. The van der Waals surface area contributed by atoms with Gasteiger partial charge in [-0.1, -0.05) is 56.2 Å². The Kier molecular flexibility index (Phi) is 7.22. The van der Waals surface area contributed by atoms with E-state index in [0.717, 1.165) is 36.8 Å². The van der Waals surface area contributed by atoms with Crippen molar-refractivity contribution in [2.24, 2.45) is 5.92 Å². The number of anilines is 1. The first-order chi connectivity index (χ1) is 14.5. The number of hydrogen-bond donors (Lipinski definition) is 3. The molecule has 3 rings (SSSR count). The van der Waals surface area contributed by atoms with E-state index in [0.29, 0.717) is 23.7 Å². The standard InChI is InChI=1S/C24H29N3O3/c1-16-9-3-5-11-18(16)15-25-22(28)19-12-6-8-14-21(19)27-24(30)23(29)26-20-13-7-4-10-17(20)2/h3,5-6,8-9,11-12,14,17,20H,4,7,10,13,15H2,1-2H3,(H,25,28)(H,26,29)(H,27,30)/t17-,20-/m0/s1. The molecule has 1 aliphatic carbocycles. The molecule has 0 bridgehead atoms. The molecule has 158 valence electrons. The highest BCUT2D eigenvalue weighted by molar-refractivity contribution is 6.40. The lowest BCUT2D eigenvalue weighted by atomic mass is 9.86. The minimum absolute atomic E-state index is 0.0182. The fourth-order valence-electron chi connectivity index (χ4n) is 3.81. The van der Waals surface area contributed by atoms with Crippen LogP contribution in [0.15, 0.2) is 48.5 Å². The van der Waals surface area contributed by atoms with Crippen LogP contribution in [-0.2, 0) is 16.1 Å². The van der Waals surface area contributed by atoms with E-state index in [-0.39, 0.29) is 11.9 Å². The van der Waals surface area contributed by atoms with Crippen LogP contribution in [0.2, 0.25) is 0 Å². The summed E-state index contributed by atoms with van der Waals surface area (Å²) in [6.07, 6.45) is 4.15. The number of carbonyl (C=O) groups is 3. The molecule has 1 saturated carbocycles. The average molecular weight is 408 g/mol. The lowest BCUT2D eigenvalue weighted by molar-refractivity contribution is -0.137. The monoisotopic (exact) mass is 407 g/mol. The Balaban J connectivity index is 1.62. The summed E-state index contributed by atoms with van der Waals surface area (Å²) in [6.45, 7) is 4.46. The van der Waals surface area contributed by atoms with Crippen LogP contribution >= 0.6 is 0 Å². The largest absolute Gasteiger partial charge is 0.348 e. The fourth-order valence-corrected chi connectivity index (χ4v) is 3.81. The Morgan fingerprint density at radius 3 is 2.40 bits per heavy atom. The van der Waals surface area contributed by atoms with Gasteiger partial charge in [-0.05, 0) is 48.9 Å². The smallest absolute Gasteiger partial charge is 0.313 e. The van der Waals surface area contributed by atoms with Crippen LogP contribution in [0.3, 0.4) is 0 Å². The third-order valence-electron chi connectivity index (χ3n) is 5.75. The number of aryl methyl sites for hydroxylation is 1. The third-order valence-corrected chi connectivity index (χ3v) is 5.75. The molecule has 0 aromatic heterocycles. The number of rotatable bonds is 5. The van der Waals surface area contributed by atoms with Gasteiger partial charge in [0.2, 0.25) is 0 Å². The number of nitrogens with one attached hydrogen (secondary N) is 3. The number of hydrogen-bond acceptors (Lipinski definition) is 3. The van der Waals surface area contributed by atoms with E-state index in [1.165, 1.54) is 0 Å². The van der Waals surface area contributed by atoms with Crippen LogP contribution in [-0.4, -0.2) is 23.8 Å². The Labute approximate surface area is 177 Å². The molecule has 1 aliphatic rings. The lowest BCUT2D eigenvalue weighted by Gasteiger charge is -2.29. The van der Waals surface area contributed by atoms with Crippen LogP contribution in [0.25, 0.3) is 0 Å². The summed E-state index contributed by atoms with van der Waals surface area (Å²) in [5.74, 6) is -1.37. The molecule has 1 fully saturated rings. The number of benzene rings is 2. The summed E-state index contributed by atoms with van der Waals surface area (Å²) >= 11 is 0. The van der Waals surface area contributed by atoms with E-state index in [1.54, 1.807) is 24.3 Å². The highest BCUT2D eigenvalue weighted by Gasteiger charge is 2.26. The van der Waals surface area contributed by atoms with Crippen molar-refractivity contribution in [3.8, 4) is 0 Å². The predicted molar refractivity (Wildman–Crippen MR) is 117 cm³/mol. The van der Waals surface area contributed by atoms with Crippen molar-refractivity contribution >= 4 is 23.4 Å². The molecule has 3 N–H and O–H groups in total. The highest BCUT2D eigenvalue weighted by atomic mass is 16.2. The van der Waals surface area contributed by atoms with Gasteiger partial charge >= 0.3 is 11.8 Å². The van der Waals surface area contributed by atoms with Gasteiger partial charge in [0.15, 0.2) is 0 Å². The molecule has 0 radical (unpaired) electrons. The van der Waals surface area contributed by atoms with Gasteiger partial charge in [-0.15, -0.1) is 0 Å². The molecule has 0 spiro atoms. The molecular formula is C24H29N3O3. The van der Waals surface area contributed by atoms with Crippen LogP contribution in [0.5, 0.6) is 0 Å². The van der Waals surface area contributed by atoms with Crippen molar-refractivity contribution < 1.29 is 14.4 Å². The summed E-state index contributed by atoms with van der Waals surface area (Å²) in [7, 11) is 0. The molecule has 6 heteroatoms. The summed E-state index contributed by atoms with van der Waals surface area (Å²) in [4.78, 5) is 37.5. The van der Waals surface area contributed by atoms with Crippen molar-refractivity contribution in [2.45, 2.75) is 52.1 Å². The van der Waals surface area contributed by atoms with E-state index in [4.69, 9.17) is 0 Å². The van der Waals surface area contributed by atoms with Crippen molar-refractivity contribution in [3.05, 3.63) is 65.2 Å². The van der Waals surface area contributed by atoms with Gasteiger partial charge in [0.1, 0.15) is 0 Å². The first kappa shape index (κ1) is 21.6. The van der Waals surface area contributed by atoms with E-state index in [9.17, 15) is 14.4 Å². The lowest BCUT2D eigenvalue weighted by Crippen LogP contribution is -2.46. The van der Waals surface area contributed by atoms with Gasteiger partial charge in [-0.25, -0.2) is 0 Å². The van der Waals surface area contributed by atoms with E-state index in [2.05, 4.69) is 22.9 Å². The van der Waals surface area contributed by atoms with Crippen LogP contribution < -0.4 is 16.0 Å². The maximum Gasteiger partial charge on any atom is 0.313 e. The number of carbonyl (C=O) groups excluding carboxylic acids is 3. The van der Waals surface area contributed by atoms with Crippen LogP contribution in [0.1, 0.15) is 54.1 Å². The van der Waals surface area contributed by atoms with Crippen molar-refractivity contribution in [2.75, 3.05) is 5.32 Å². The molecule has 2 aromatic rings. The molecule has 6 nitrogen and oxygen atoms in total. The molecule has 0 heterocycles. The summed E-state index contributed by atoms with van der Waals surface area (Å²) in [6, 6.07) is 14.5. The zero-order valence-corrected chi connectivity index (χ0v) is 17.5. The van der Waals surface area contributed by atoms with Gasteiger partial charge in [0.25, 0.3) is 5.91 Å². The maximum absolute atomic E-state index is 12.7. The zero-order chi connectivity index (χ0) is 21.5. The molecule has 30 heavy (non-hydrogen) atoms. The Hall–Kier alpha value is -3.15. The van der Waals surface area contributed by atoms with Gasteiger partial charge in [-0.2, -0.15) is 0 Å². The minimum atomic E-state index is -0.757. The van der Waals surface area contributed by atoms with Crippen molar-refractivity contribution in [3.63, 3.8) is 0 Å². The second-order valence-corrected chi connectivity index (χ2v) is 7.95. The van der Waals surface area contributed by atoms with Gasteiger partial charge in [-0.3, -0.25) is 14.4 Å². The maximum atomic E-state index is 12.7. The SMILES string of the molecule is Cc1ccccc1CNC(=O)c1ccccc1NC(=O)C(=O)N[C@H]1CCCC[C@@H]1C. The predicted octanol–water partition coefficient (Wildman–Crippen LogP) is 3.56. The third kappa shape index (κ3) is 5.47. The quantitative estimate of drug-likeness (QED) is 0.663.